The van der Waals surface area contributed by atoms with E-state index in [2.05, 4.69) is 5.32 Å². The van der Waals surface area contributed by atoms with Gasteiger partial charge < -0.3 is 11.1 Å². The maximum Gasteiger partial charge on any atom is 0.269 e. The van der Waals surface area contributed by atoms with Crippen LogP contribution in [0.25, 0.3) is 0 Å². The predicted octanol–water partition coefficient (Wildman–Crippen LogP) is 2.20. The normalized spacial score (nSPS) is 17.3. The largest absolute Gasteiger partial charge is 0.376 e. The van der Waals surface area contributed by atoms with Crippen molar-refractivity contribution in [1.29, 1.82) is 0 Å². The Morgan fingerprint density at radius 2 is 2.11 bits per heavy atom. The first-order chi connectivity index (χ1) is 8.53. The van der Waals surface area contributed by atoms with Crippen molar-refractivity contribution in [2.45, 2.75) is 31.2 Å². The monoisotopic (exact) mass is 265 g/mol. The number of nitrogens with one attached hydrogen (secondary N) is 1. The van der Waals surface area contributed by atoms with Gasteiger partial charge in [-0.2, -0.15) is 0 Å². The first kappa shape index (κ1) is 12.8. The van der Waals surface area contributed by atoms with E-state index in [1.807, 2.05) is 6.07 Å². The van der Waals surface area contributed by atoms with Gasteiger partial charge >= 0.3 is 0 Å². The zero-order valence-corrected chi connectivity index (χ0v) is 10.7. The number of nitro groups is 1. The predicted molar refractivity (Wildman–Crippen MR) is 73.2 cm³/mol. The molecule has 18 heavy (non-hydrogen) atoms. The Hall–Kier alpha value is -1.69. The molecule has 0 spiro atoms. The highest BCUT2D eigenvalue weighted by molar-refractivity contribution is 7.80. The average Bonchev–Trinajstić information content (AvgIpc) is 2.78. The number of hydrogen-bond acceptors (Lipinski definition) is 3. The minimum absolute atomic E-state index is 0.100. The van der Waals surface area contributed by atoms with E-state index in [1.54, 1.807) is 12.1 Å². The van der Waals surface area contributed by atoms with Crippen LogP contribution in [0.3, 0.4) is 0 Å². The van der Waals surface area contributed by atoms with Gasteiger partial charge in [0.25, 0.3) is 5.69 Å². The number of non-ortho nitro benzene ring substituents is 1. The first-order valence-electron chi connectivity index (χ1n) is 5.86. The Bertz CT molecular complexity index is 484. The summed E-state index contributed by atoms with van der Waals surface area (Å²) in [6.45, 7) is 0. The fourth-order valence-electron chi connectivity index (χ4n) is 2.62. The van der Waals surface area contributed by atoms with E-state index in [-0.39, 0.29) is 21.3 Å². The molecule has 1 aromatic rings. The molecule has 2 rings (SSSR count). The lowest BCUT2D eigenvalue weighted by Crippen LogP contribution is -2.46. The van der Waals surface area contributed by atoms with Gasteiger partial charge in [0.05, 0.1) is 10.5 Å². The van der Waals surface area contributed by atoms with Crippen molar-refractivity contribution in [3.05, 3.63) is 39.9 Å². The van der Waals surface area contributed by atoms with Gasteiger partial charge in [-0.15, -0.1) is 0 Å². The fourth-order valence-corrected chi connectivity index (χ4v) is 2.81. The Kier molecular flexibility index (Phi) is 3.47. The molecule has 0 aromatic heterocycles. The van der Waals surface area contributed by atoms with E-state index in [0.717, 1.165) is 31.2 Å². The van der Waals surface area contributed by atoms with Crippen molar-refractivity contribution in [3.63, 3.8) is 0 Å². The molecule has 0 heterocycles. The van der Waals surface area contributed by atoms with Gasteiger partial charge in [-0.25, -0.2) is 0 Å². The molecule has 96 valence electrons. The maximum atomic E-state index is 10.8. The number of rotatable bonds is 3. The summed E-state index contributed by atoms with van der Waals surface area (Å²) < 4.78 is 0. The van der Waals surface area contributed by atoms with Crippen LogP contribution in [0.4, 0.5) is 5.69 Å². The quantitative estimate of drug-likeness (QED) is 0.497. The molecule has 0 atom stereocenters. The Balaban J connectivity index is 2.39. The number of hydrogen-bond donors (Lipinski definition) is 2. The van der Waals surface area contributed by atoms with Gasteiger partial charge in [0.2, 0.25) is 0 Å². The van der Waals surface area contributed by atoms with E-state index in [9.17, 15) is 10.1 Å². The van der Waals surface area contributed by atoms with Crippen LogP contribution in [0.2, 0.25) is 0 Å². The summed E-state index contributed by atoms with van der Waals surface area (Å²) in [6, 6.07) is 6.70. The van der Waals surface area contributed by atoms with Crippen LogP contribution in [-0.2, 0) is 5.54 Å². The summed E-state index contributed by atoms with van der Waals surface area (Å²) in [4.78, 5) is 10.4. The molecule has 0 radical (unpaired) electrons. The highest BCUT2D eigenvalue weighted by atomic mass is 32.1. The van der Waals surface area contributed by atoms with Crippen molar-refractivity contribution in [2.24, 2.45) is 5.73 Å². The lowest BCUT2D eigenvalue weighted by molar-refractivity contribution is -0.385. The van der Waals surface area contributed by atoms with Crippen molar-refractivity contribution in [3.8, 4) is 0 Å². The Morgan fingerprint density at radius 1 is 1.44 bits per heavy atom. The third-order valence-electron chi connectivity index (χ3n) is 3.43. The molecule has 1 aliphatic rings. The molecular formula is C12H15N3O2S. The zero-order valence-electron chi connectivity index (χ0n) is 9.89. The second kappa shape index (κ2) is 4.89. The first-order valence-corrected chi connectivity index (χ1v) is 6.27. The van der Waals surface area contributed by atoms with Gasteiger partial charge in [-0.05, 0) is 30.6 Å². The molecule has 0 amide bonds. The van der Waals surface area contributed by atoms with Crippen LogP contribution in [0.5, 0.6) is 0 Å². The lowest BCUT2D eigenvalue weighted by atomic mass is 9.88. The average molecular weight is 265 g/mol. The lowest BCUT2D eigenvalue weighted by Gasteiger charge is -2.31. The SMILES string of the molecule is NC(=S)NC1(c2cccc([N+](=O)[O-])c2)CCCC1. The number of benzene rings is 1. The fraction of sp³-hybridized carbons (Fsp3) is 0.417. The highest BCUT2D eigenvalue weighted by Crippen LogP contribution is 2.39. The number of nitro benzene ring substituents is 1. The summed E-state index contributed by atoms with van der Waals surface area (Å²) >= 11 is 4.92. The molecular weight excluding hydrogens is 250 g/mol. The smallest absolute Gasteiger partial charge is 0.269 e. The van der Waals surface area contributed by atoms with E-state index in [0.29, 0.717) is 0 Å². The number of nitrogens with two attached hydrogens (primary N) is 1. The summed E-state index contributed by atoms with van der Waals surface area (Å²) in [7, 11) is 0. The summed E-state index contributed by atoms with van der Waals surface area (Å²) in [6.07, 6.45) is 3.92. The standard InChI is InChI=1S/C12H15N3O2S/c13-11(18)14-12(6-1-2-7-12)9-4-3-5-10(8-9)15(16)17/h3-5,8H,1-2,6-7H2,(H3,13,14,18). The van der Waals surface area contributed by atoms with Crippen LogP contribution < -0.4 is 11.1 Å². The van der Waals surface area contributed by atoms with Crippen LogP contribution in [0, 0.1) is 10.1 Å². The summed E-state index contributed by atoms with van der Waals surface area (Å²) in [5, 5.41) is 14.2. The zero-order chi connectivity index (χ0) is 13.2. The minimum Gasteiger partial charge on any atom is -0.376 e. The van der Waals surface area contributed by atoms with Crippen LogP contribution >= 0.6 is 12.2 Å². The molecule has 1 aromatic carbocycles. The van der Waals surface area contributed by atoms with Crippen molar-refractivity contribution >= 4 is 23.0 Å². The van der Waals surface area contributed by atoms with Gasteiger partial charge in [0.15, 0.2) is 5.11 Å². The molecule has 1 saturated carbocycles. The molecule has 1 fully saturated rings. The van der Waals surface area contributed by atoms with Crippen molar-refractivity contribution in [2.75, 3.05) is 0 Å². The molecule has 0 bridgehead atoms. The summed E-state index contributed by atoms with van der Waals surface area (Å²) in [5.74, 6) is 0. The van der Waals surface area contributed by atoms with Gasteiger partial charge in [-0.1, -0.05) is 25.0 Å². The molecule has 5 nitrogen and oxygen atoms in total. The molecule has 1 aliphatic carbocycles. The molecule has 0 saturated heterocycles. The topological polar surface area (TPSA) is 81.2 Å². The van der Waals surface area contributed by atoms with Crippen molar-refractivity contribution < 1.29 is 4.92 Å². The van der Waals surface area contributed by atoms with Gasteiger partial charge in [-0.3, -0.25) is 10.1 Å². The number of thiocarbonyl (C=S) groups is 1. The maximum absolute atomic E-state index is 10.8. The molecule has 3 N–H and O–H groups in total. The second-order valence-corrected chi connectivity index (χ2v) is 5.03. The molecule has 0 unspecified atom stereocenters. The van der Waals surface area contributed by atoms with E-state index < -0.39 is 0 Å². The van der Waals surface area contributed by atoms with Gasteiger partial charge in [0.1, 0.15) is 0 Å². The van der Waals surface area contributed by atoms with Crippen LogP contribution in [0.15, 0.2) is 24.3 Å². The highest BCUT2D eigenvalue weighted by Gasteiger charge is 2.36. The Morgan fingerprint density at radius 3 is 2.67 bits per heavy atom. The minimum atomic E-state index is -0.382. The second-order valence-electron chi connectivity index (χ2n) is 4.59. The van der Waals surface area contributed by atoms with Crippen LogP contribution in [-0.4, -0.2) is 10.0 Å². The Labute approximate surface area is 111 Å². The third-order valence-corrected chi connectivity index (χ3v) is 3.53. The van der Waals surface area contributed by atoms with E-state index >= 15 is 0 Å². The molecule has 0 aliphatic heterocycles. The van der Waals surface area contributed by atoms with Crippen LogP contribution in [0.1, 0.15) is 31.2 Å². The third kappa shape index (κ3) is 2.43. The van der Waals surface area contributed by atoms with Gasteiger partial charge in [0, 0.05) is 12.1 Å². The van der Waals surface area contributed by atoms with Crippen molar-refractivity contribution in [1.82, 2.24) is 5.32 Å². The molecule has 6 heteroatoms. The summed E-state index contributed by atoms with van der Waals surface area (Å²) in [5.41, 5.74) is 6.23. The van der Waals surface area contributed by atoms with E-state index in [1.165, 1.54) is 6.07 Å². The van der Waals surface area contributed by atoms with E-state index in [4.69, 9.17) is 18.0 Å². The number of nitrogens with zero attached hydrogens (tertiary/aromatic N) is 1.